The van der Waals surface area contributed by atoms with Gasteiger partial charge in [-0.25, -0.2) is 4.90 Å². The number of amides is 2. The third kappa shape index (κ3) is 3.38. The highest BCUT2D eigenvalue weighted by molar-refractivity contribution is 6.21. The summed E-state index contributed by atoms with van der Waals surface area (Å²) in [5.74, 6) is 0.148. The molecule has 2 amide bonds. The van der Waals surface area contributed by atoms with Crippen LogP contribution < -0.4 is 0 Å². The van der Waals surface area contributed by atoms with Crippen LogP contribution in [0.4, 0.5) is 0 Å². The molecule has 0 saturated heterocycles. The van der Waals surface area contributed by atoms with Crippen LogP contribution in [0.15, 0.2) is 47.6 Å². The summed E-state index contributed by atoms with van der Waals surface area (Å²) in [5.41, 5.74) is 3.15. The molecule has 4 aliphatic rings. The van der Waals surface area contributed by atoms with Gasteiger partial charge in [0.1, 0.15) is 0 Å². The largest absolute Gasteiger partial charge is 0.443 e. The van der Waals surface area contributed by atoms with Crippen molar-refractivity contribution in [3.05, 3.63) is 58.7 Å². The maximum Gasteiger partial charge on any atom is 0.313 e. The van der Waals surface area contributed by atoms with Crippen LogP contribution >= 0.6 is 0 Å². The molecule has 34 heavy (non-hydrogen) atoms. The fraction of sp³-hybridized carbons (Fsp3) is 0.552. The van der Waals surface area contributed by atoms with Crippen LogP contribution in [-0.2, 0) is 9.53 Å². The highest BCUT2D eigenvalue weighted by Gasteiger charge is 2.57. The molecule has 180 valence electrons. The molecule has 3 aliphatic carbocycles. The Kier molecular flexibility index (Phi) is 5.57. The van der Waals surface area contributed by atoms with E-state index >= 15 is 0 Å². The summed E-state index contributed by atoms with van der Waals surface area (Å²) in [4.78, 5) is 40.0. The van der Waals surface area contributed by atoms with Crippen molar-refractivity contribution in [1.29, 1.82) is 0 Å². The van der Waals surface area contributed by atoms with Crippen molar-refractivity contribution in [3.63, 3.8) is 0 Å². The van der Waals surface area contributed by atoms with Gasteiger partial charge in [0, 0.05) is 0 Å². The second-order valence-electron chi connectivity index (χ2n) is 11.4. The minimum Gasteiger partial charge on any atom is -0.443 e. The summed E-state index contributed by atoms with van der Waals surface area (Å²) in [6.07, 6.45) is 10.8. The molecule has 0 spiro atoms. The Balaban J connectivity index is 1.35. The van der Waals surface area contributed by atoms with Gasteiger partial charge in [0.15, 0.2) is 6.73 Å². The van der Waals surface area contributed by atoms with E-state index in [-0.39, 0.29) is 24.0 Å². The van der Waals surface area contributed by atoms with E-state index < -0.39 is 17.2 Å². The zero-order valence-electron chi connectivity index (χ0n) is 20.7. The molecule has 0 N–H and O–H groups in total. The maximum atomic E-state index is 13.6. The normalized spacial score (nSPS) is 32.6. The number of carbonyl (C=O) groups is 3. The molecule has 5 nitrogen and oxygen atoms in total. The van der Waals surface area contributed by atoms with Gasteiger partial charge in [-0.05, 0) is 79.9 Å². The lowest BCUT2D eigenvalue weighted by atomic mass is 9.47. The molecule has 1 saturated carbocycles. The highest BCUT2D eigenvalue weighted by Crippen LogP contribution is 2.62. The third-order valence-electron chi connectivity index (χ3n) is 9.25. The second kappa shape index (κ2) is 8.21. The van der Waals surface area contributed by atoms with Gasteiger partial charge in [-0.3, -0.25) is 14.4 Å². The SMILES string of the molecule is CC(C)C1=CC2=CCC3C(C)(C(=O)OCN4C(=O)c5ccccc5C4=O)CCCC3(C)C2CC1. The Morgan fingerprint density at radius 3 is 2.44 bits per heavy atom. The summed E-state index contributed by atoms with van der Waals surface area (Å²) in [6, 6.07) is 6.75. The van der Waals surface area contributed by atoms with Crippen LogP contribution in [0.2, 0.25) is 0 Å². The zero-order valence-corrected chi connectivity index (χ0v) is 20.7. The number of hydrogen-bond donors (Lipinski definition) is 0. The molecule has 0 aromatic heterocycles. The van der Waals surface area contributed by atoms with Gasteiger partial charge >= 0.3 is 5.97 Å². The van der Waals surface area contributed by atoms with E-state index in [2.05, 4.69) is 32.9 Å². The molecule has 0 bridgehead atoms. The van der Waals surface area contributed by atoms with E-state index in [0.29, 0.717) is 23.0 Å². The molecule has 1 fully saturated rings. The Morgan fingerprint density at radius 2 is 1.79 bits per heavy atom. The molecule has 0 radical (unpaired) electrons. The number of fused-ring (bicyclic) bond motifs is 4. The van der Waals surface area contributed by atoms with Gasteiger partial charge in [-0.1, -0.05) is 57.0 Å². The van der Waals surface area contributed by atoms with Crippen molar-refractivity contribution in [1.82, 2.24) is 4.90 Å². The van der Waals surface area contributed by atoms with Crippen LogP contribution in [-0.4, -0.2) is 29.4 Å². The van der Waals surface area contributed by atoms with Gasteiger partial charge in [0.2, 0.25) is 0 Å². The van der Waals surface area contributed by atoms with Gasteiger partial charge < -0.3 is 4.74 Å². The van der Waals surface area contributed by atoms with Crippen molar-refractivity contribution in [2.45, 2.75) is 66.2 Å². The van der Waals surface area contributed by atoms with Crippen LogP contribution in [0.25, 0.3) is 0 Å². The van der Waals surface area contributed by atoms with Gasteiger partial charge in [0.05, 0.1) is 16.5 Å². The highest BCUT2D eigenvalue weighted by atomic mass is 16.5. The van der Waals surface area contributed by atoms with Gasteiger partial charge in [-0.15, -0.1) is 0 Å². The third-order valence-corrected chi connectivity index (χ3v) is 9.25. The van der Waals surface area contributed by atoms with Crippen molar-refractivity contribution in [2.24, 2.45) is 28.6 Å². The molecule has 5 heteroatoms. The quantitative estimate of drug-likeness (QED) is 0.412. The summed E-state index contributed by atoms with van der Waals surface area (Å²) in [7, 11) is 0. The second-order valence-corrected chi connectivity index (χ2v) is 11.4. The average Bonchev–Trinajstić information content (AvgIpc) is 3.06. The first-order valence-electron chi connectivity index (χ1n) is 12.7. The van der Waals surface area contributed by atoms with Crippen LogP contribution in [0.1, 0.15) is 86.9 Å². The molecule has 1 aromatic rings. The van der Waals surface area contributed by atoms with E-state index in [9.17, 15) is 14.4 Å². The van der Waals surface area contributed by atoms with E-state index in [0.717, 1.165) is 43.4 Å². The number of nitrogens with zero attached hydrogens (tertiary/aromatic N) is 1. The molecule has 1 aliphatic heterocycles. The van der Waals surface area contributed by atoms with Crippen molar-refractivity contribution >= 4 is 17.8 Å². The van der Waals surface area contributed by atoms with E-state index in [1.54, 1.807) is 24.3 Å². The van der Waals surface area contributed by atoms with Crippen LogP contribution in [0.3, 0.4) is 0 Å². The minimum absolute atomic E-state index is 0.0463. The summed E-state index contributed by atoms with van der Waals surface area (Å²) in [5, 5.41) is 0. The molecular formula is C29H35NO4. The Bertz CT molecular complexity index is 1080. The molecule has 4 unspecified atom stereocenters. The van der Waals surface area contributed by atoms with Crippen molar-refractivity contribution < 1.29 is 19.1 Å². The Hall–Kier alpha value is -2.69. The number of imide groups is 1. The number of rotatable bonds is 4. The van der Waals surface area contributed by atoms with Crippen LogP contribution in [0, 0.1) is 28.6 Å². The minimum atomic E-state index is -0.629. The summed E-state index contributed by atoms with van der Waals surface area (Å²) < 4.78 is 5.73. The number of ether oxygens (including phenoxy) is 1. The zero-order chi connectivity index (χ0) is 24.3. The number of allylic oxidation sites excluding steroid dienone is 4. The number of carbonyl (C=O) groups excluding carboxylic acids is 3. The fourth-order valence-corrected chi connectivity index (χ4v) is 7.23. The number of benzene rings is 1. The number of hydrogen-bond acceptors (Lipinski definition) is 4. The Morgan fingerprint density at radius 1 is 1.12 bits per heavy atom. The van der Waals surface area contributed by atoms with E-state index in [1.165, 1.54) is 11.1 Å². The fourth-order valence-electron chi connectivity index (χ4n) is 7.23. The summed E-state index contributed by atoms with van der Waals surface area (Å²) in [6.45, 7) is 8.62. The maximum absolute atomic E-state index is 13.6. The van der Waals surface area contributed by atoms with Gasteiger partial charge in [0.25, 0.3) is 11.8 Å². The molecule has 4 atom stereocenters. The standard InChI is InChI=1S/C29H35NO4/c1-18(2)19-10-12-23-20(16-19)11-13-24-28(23,3)14-7-15-29(24,4)27(33)34-17-30-25(31)21-8-5-6-9-22(21)26(30)32/h5-6,8-9,11,16,18,23-24H,7,10,12-15,17H2,1-4H3. The van der Waals surface area contributed by atoms with Crippen LogP contribution in [0.5, 0.6) is 0 Å². The number of esters is 1. The summed E-state index contributed by atoms with van der Waals surface area (Å²) >= 11 is 0. The van der Waals surface area contributed by atoms with Gasteiger partial charge in [-0.2, -0.15) is 0 Å². The Labute approximate surface area is 202 Å². The lowest BCUT2D eigenvalue weighted by Gasteiger charge is -2.57. The molecule has 5 rings (SSSR count). The predicted molar refractivity (Wildman–Crippen MR) is 130 cm³/mol. The lowest BCUT2D eigenvalue weighted by Crippen LogP contribution is -2.53. The van der Waals surface area contributed by atoms with Crippen molar-refractivity contribution in [2.75, 3.05) is 6.73 Å². The molecular weight excluding hydrogens is 426 g/mol. The average molecular weight is 462 g/mol. The first-order valence-corrected chi connectivity index (χ1v) is 12.7. The van der Waals surface area contributed by atoms with E-state index in [1.807, 2.05) is 6.92 Å². The molecule has 1 heterocycles. The van der Waals surface area contributed by atoms with Crippen molar-refractivity contribution in [3.8, 4) is 0 Å². The first-order chi connectivity index (χ1) is 16.2. The lowest BCUT2D eigenvalue weighted by molar-refractivity contribution is -0.172. The van der Waals surface area contributed by atoms with E-state index in [4.69, 9.17) is 4.74 Å². The molecule has 1 aromatic carbocycles. The first kappa shape index (κ1) is 23.1. The predicted octanol–water partition coefficient (Wildman–Crippen LogP) is 5.92. The smallest absolute Gasteiger partial charge is 0.313 e. The topological polar surface area (TPSA) is 63.7 Å². The monoisotopic (exact) mass is 461 g/mol.